The number of cyclic esters (lactones) is 1. The third kappa shape index (κ3) is 2.19. The number of rotatable bonds is 5. The van der Waals surface area contributed by atoms with Crippen LogP contribution in [-0.4, -0.2) is 35.9 Å². The van der Waals surface area contributed by atoms with Crippen molar-refractivity contribution in [2.24, 2.45) is 5.41 Å². The highest BCUT2D eigenvalue weighted by molar-refractivity contribution is 5.82. The molecule has 16 heavy (non-hydrogen) atoms. The van der Waals surface area contributed by atoms with E-state index in [2.05, 4.69) is 0 Å². The highest BCUT2D eigenvalue weighted by Crippen LogP contribution is 2.40. The quantitative estimate of drug-likeness (QED) is 0.702. The van der Waals surface area contributed by atoms with Gasteiger partial charge in [0.2, 0.25) is 0 Å². The van der Waals surface area contributed by atoms with Crippen molar-refractivity contribution in [3.05, 3.63) is 0 Å². The van der Waals surface area contributed by atoms with Crippen LogP contribution in [0.15, 0.2) is 0 Å². The molecule has 0 aromatic heterocycles. The molecular formula is C11H18O5. The van der Waals surface area contributed by atoms with Crippen molar-refractivity contribution >= 4 is 11.9 Å². The Bertz CT molecular complexity index is 288. The fraction of sp³-hybridized carbons (Fsp3) is 0.818. The molecule has 0 radical (unpaired) electrons. The smallest absolute Gasteiger partial charge is 0.316 e. The van der Waals surface area contributed by atoms with Crippen LogP contribution in [0.3, 0.4) is 0 Å². The molecule has 0 amide bonds. The number of ether oxygens (including phenoxy) is 2. The molecule has 0 bridgehead atoms. The van der Waals surface area contributed by atoms with Crippen LogP contribution in [0, 0.1) is 5.41 Å². The summed E-state index contributed by atoms with van der Waals surface area (Å²) in [6, 6.07) is 0. The lowest BCUT2D eigenvalue weighted by molar-refractivity contribution is -0.225. The molecule has 1 aliphatic rings. The number of carbonyl (C=O) groups is 2. The number of aliphatic hydroxyl groups excluding tert-OH is 1. The summed E-state index contributed by atoms with van der Waals surface area (Å²) in [5.74, 6) is -0.677. The Morgan fingerprint density at radius 2 is 2.25 bits per heavy atom. The topological polar surface area (TPSA) is 72.8 Å². The Kier molecular flexibility index (Phi) is 3.91. The zero-order valence-corrected chi connectivity index (χ0v) is 9.86. The average Bonchev–Trinajstić information content (AvgIpc) is 2.30. The van der Waals surface area contributed by atoms with E-state index in [1.807, 2.05) is 6.92 Å². The van der Waals surface area contributed by atoms with Gasteiger partial charge in [-0.05, 0) is 13.3 Å². The Labute approximate surface area is 94.7 Å². The van der Waals surface area contributed by atoms with Crippen LogP contribution in [0.25, 0.3) is 0 Å². The van der Waals surface area contributed by atoms with E-state index < -0.39 is 17.6 Å². The van der Waals surface area contributed by atoms with Gasteiger partial charge in [0, 0.05) is 6.42 Å². The number of hydrogen-bond donors (Lipinski definition) is 1. The molecule has 1 N–H and O–H groups in total. The summed E-state index contributed by atoms with van der Waals surface area (Å²) < 4.78 is 9.70. The van der Waals surface area contributed by atoms with Gasteiger partial charge in [-0.15, -0.1) is 0 Å². The third-order valence-corrected chi connectivity index (χ3v) is 3.12. The van der Waals surface area contributed by atoms with Crippen molar-refractivity contribution in [3.63, 3.8) is 0 Å². The van der Waals surface area contributed by atoms with Gasteiger partial charge in [-0.3, -0.25) is 9.59 Å². The van der Waals surface area contributed by atoms with Crippen LogP contribution in [0.5, 0.6) is 0 Å². The molecule has 5 nitrogen and oxygen atoms in total. The first-order chi connectivity index (χ1) is 7.45. The fourth-order valence-corrected chi connectivity index (χ4v) is 1.65. The van der Waals surface area contributed by atoms with Crippen molar-refractivity contribution in [2.75, 3.05) is 6.61 Å². The Hall–Kier alpha value is -1.10. The van der Waals surface area contributed by atoms with E-state index in [0.717, 1.165) is 0 Å². The van der Waals surface area contributed by atoms with Crippen molar-refractivity contribution in [1.82, 2.24) is 0 Å². The van der Waals surface area contributed by atoms with Crippen LogP contribution in [0.4, 0.5) is 0 Å². The number of esters is 2. The van der Waals surface area contributed by atoms with E-state index in [4.69, 9.17) is 9.47 Å². The molecule has 0 aliphatic carbocycles. The highest BCUT2D eigenvalue weighted by atomic mass is 16.6. The van der Waals surface area contributed by atoms with E-state index in [1.165, 1.54) is 0 Å². The molecule has 5 heteroatoms. The Morgan fingerprint density at radius 3 is 2.69 bits per heavy atom. The molecule has 1 rings (SSSR count). The van der Waals surface area contributed by atoms with Crippen molar-refractivity contribution < 1.29 is 24.2 Å². The molecule has 3 atom stereocenters. The largest absolute Gasteiger partial charge is 0.463 e. The highest BCUT2D eigenvalue weighted by Gasteiger charge is 2.56. The molecule has 3 unspecified atom stereocenters. The second kappa shape index (κ2) is 4.82. The maximum atomic E-state index is 11.3. The fourth-order valence-electron chi connectivity index (χ4n) is 1.65. The second-order valence-electron chi connectivity index (χ2n) is 4.20. The lowest BCUT2D eigenvalue weighted by Crippen LogP contribution is -2.60. The van der Waals surface area contributed by atoms with Gasteiger partial charge in [0.1, 0.15) is 24.2 Å². The van der Waals surface area contributed by atoms with E-state index in [9.17, 15) is 14.7 Å². The minimum Gasteiger partial charge on any atom is -0.463 e. The van der Waals surface area contributed by atoms with E-state index in [-0.39, 0.29) is 25.0 Å². The van der Waals surface area contributed by atoms with E-state index in [1.54, 1.807) is 13.8 Å². The first-order valence-corrected chi connectivity index (χ1v) is 5.50. The van der Waals surface area contributed by atoms with Crippen LogP contribution in [-0.2, 0) is 19.1 Å². The molecule has 0 spiro atoms. The summed E-state index contributed by atoms with van der Waals surface area (Å²) in [6.07, 6.45) is -0.662. The van der Waals surface area contributed by atoms with Crippen LogP contribution >= 0.6 is 0 Å². The molecular weight excluding hydrogens is 212 g/mol. The first-order valence-electron chi connectivity index (χ1n) is 5.50. The zero-order valence-electron chi connectivity index (χ0n) is 9.86. The summed E-state index contributed by atoms with van der Waals surface area (Å²) in [4.78, 5) is 22.2. The van der Waals surface area contributed by atoms with Crippen LogP contribution in [0.2, 0.25) is 0 Å². The lowest BCUT2D eigenvalue weighted by Gasteiger charge is -2.45. The summed E-state index contributed by atoms with van der Waals surface area (Å²) in [6.45, 7) is 5.15. The van der Waals surface area contributed by atoms with Crippen molar-refractivity contribution in [2.45, 2.75) is 45.8 Å². The van der Waals surface area contributed by atoms with E-state index in [0.29, 0.717) is 6.42 Å². The van der Waals surface area contributed by atoms with Gasteiger partial charge in [-0.2, -0.15) is 0 Å². The molecule has 0 aromatic carbocycles. The second-order valence-corrected chi connectivity index (χ2v) is 4.20. The summed E-state index contributed by atoms with van der Waals surface area (Å²) in [5, 5.41) is 9.74. The normalized spacial score (nSPS) is 30.2. The molecule has 92 valence electrons. The first kappa shape index (κ1) is 13.0. The Morgan fingerprint density at radius 1 is 1.62 bits per heavy atom. The van der Waals surface area contributed by atoms with Crippen molar-refractivity contribution in [3.8, 4) is 0 Å². The number of carbonyl (C=O) groups excluding carboxylic acids is 2. The van der Waals surface area contributed by atoms with Crippen molar-refractivity contribution in [1.29, 1.82) is 0 Å². The lowest BCUT2D eigenvalue weighted by atomic mass is 9.75. The molecule has 1 aliphatic heterocycles. The van der Waals surface area contributed by atoms with Gasteiger partial charge in [0.25, 0.3) is 0 Å². The molecule has 1 heterocycles. The Balaban J connectivity index is 2.47. The van der Waals surface area contributed by atoms with Crippen LogP contribution in [0.1, 0.15) is 33.6 Å². The summed E-state index contributed by atoms with van der Waals surface area (Å²) in [7, 11) is 0. The molecule has 1 saturated heterocycles. The van der Waals surface area contributed by atoms with Gasteiger partial charge in [0.05, 0.1) is 0 Å². The van der Waals surface area contributed by atoms with Gasteiger partial charge in [-0.1, -0.05) is 13.8 Å². The molecule has 0 saturated carbocycles. The SMILES string of the molecule is CCC(=O)OCC(O)C1OC(=O)C1(C)CC. The van der Waals surface area contributed by atoms with Crippen LogP contribution < -0.4 is 0 Å². The number of hydrogen-bond acceptors (Lipinski definition) is 5. The molecule has 0 aromatic rings. The zero-order chi connectivity index (χ0) is 12.3. The van der Waals surface area contributed by atoms with Gasteiger partial charge in [-0.25, -0.2) is 0 Å². The number of aliphatic hydroxyl groups is 1. The predicted octanol–water partition coefficient (Wildman–Crippen LogP) is 0.642. The predicted molar refractivity (Wildman–Crippen MR) is 55.5 cm³/mol. The molecule has 1 fully saturated rings. The maximum absolute atomic E-state index is 11.3. The monoisotopic (exact) mass is 230 g/mol. The van der Waals surface area contributed by atoms with Gasteiger partial charge in [0.15, 0.2) is 0 Å². The average molecular weight is 230 g/mol. The van der Waals surface area contributed by atoms with Gasteiger partial charge < -0.3 is 14.6 Å². The maximum Gasteiger partial charge on any atom is 0.316 e. The standard InChI is InChI=1S/C11H18O5/c1-4-8(13)15-6-7(12)9-11(3,5-2)10(14)16-9/h7,9,12H,4-6H2,1-3H3. The summed E-state index contributed by atoms with van der Waals surface area (Å²) in [5.41, 5.74) is -0.655. The third-order valence-electron chi connectivity index (χ3n) is 3.12. The summed E-state index contributed by atoms with van der Waals surface area (Å²) >= 11 is 0. The van der Waals surface area contributed by atoms with E-state index >= 15 is 0 Å². The minimum absolute atomic E-state index is 0.125. The van der Waals surface area contributed by atoms with Gasteiger partial charge >= 0.3 is 11.9 Å². The minimum atomic E-state index is -0.946.